The molecule has 0 spiro atoms. The molecule has 2 aromatic carbocycles. The lowest BCUT2D eigenvalue weighted by molar-refractivity contribution is 0.0473. The first kappa shape index (κ1) is 30.0. The van der Waals surface area contributed by atoms with Gasteiger partial charge in [0.05, 0.1) is 10.6 Å². The van der Waals surface area contributed by atoms with Crippen LogP contribution in [0.5, 0.6) is 0 Å². The van der Waals surface area contributed by atoms with E-state index in [1.807, 2.05) is 58.3 Å². The minimum absolute atomic E-state index is 0.0290. The van der Waals surface area contributed by atoms with Crippen molar-refractivity contribution in [1.29, 1.82) is 0 Å². The van der Waals surface area contributed by atoms with Gasteiger partial charge in [0.2, 0.25) is 0 Å². The van der Waals surface area contributed by atoms with Crippen molar-refractivity contribution < 1.29 is 9.59 Å². The third-order valence-electron chi connectivity index (χ3n) is 8.47. The van der Waals surface area contributed by atoms with Gasteiger partial charge in [-0.15, -0.1) is 11.3 Å². The number of rotatable bonds is 9. The lowest BCUT2D eigenvalue weighted by Crippen LogP contribution is -2.47. The van der Waals surface area contributed by atoms with Crippen molar-refractivity contribution in [3.8, 4) is 11.1 Å². The fourth-order valence-electron chi connectivity index (χ4n) is 6.27. The summed E-state index contributed by atoms with van der Waals surface area (Å²) in [5.41, 5.74) is 3.85. The minimum atomic E-state index is -0.0363. The molecule has 0 radical (unpaired) electrons. The second-order valence-electron chi connectivity index (χ2n) is 11.3. The van der Waals surface area contributed by atoms with E-state index in [0.717, 1.165) is 58.9 Å². The molecule has 5 aromatic rings. The predicted octanol–water partition coefficient (Wildman–Crippen LogP) is 8.52. The van der Waals surface area contributed by atoms with Crippen LogP contribution < -0.4 is 0 Å². The Kier molecular flexibility index (Phi) is 9.34. The Morgan fingerprint density at radius 2 is 1.57 bits per heavy atom. The molecule has 0 atom stereocenters. The van der Waals surface area contributed by atoms with Crippen LogP contribution in [-0.4, -0.2) is 50.2 Å². The van der Waals surface area contributed by atoms with Crippen molar-refractivity contribution >= 4 is 44.8 Å². The zero-order valence-corrected chi connectivity index (χ0v) is 26.3. The van der Waals surface area contributed by atoms with Crippen molar-refractivity contribution in [2.45, 2.75) is 57.7 Å². The van der Waals surface area contributed by atoms with Gasteiger partial charge in [0, 0.05) is 60.0 Å². The molecule has 44 heavy (non-hydrogen) atoms. The van der Waals surface area contributed by atoms with Crippen LogP contribution in [0.4, 0.5) is 0 Å². The van der Waals surface area contributed by atoms with Crippen LogP contribution in [-0.2, 0) is 6.54 Å². The highest BCUT2D eigenvalue weighted by molar-refractivity contribution is 7.21. The Morgan fingerprint density at radius 1 is 0.818 bits per heavy atom. The monoisotopic (exact) mass is 622 g/mol. The zero-order valence-electron chi connectivity index (χ0n) is 24.7. The molecule has 0 saturated heterocycles. The number of nitrogens with zero attached hydrogens (tertiary/aromatic N) is 4. The smallest absolute Gasteiger partial charge is 0.266 e. The second kappa shape index (κ2) is 13.7. The van der Waals surface area contributed by atoms with Gasteiger partial charge in [-0.1, -0.05) is 54.9 Å². The Labute approximate surface area is 267 Å². The van der Waals surface area contributed by atoms with E-state index >= 15 is 0 Å². The highest BCUT2D eigenvalue weighted by atomic mass is 35.5. The molecule has 1 aliphatic rings. The molecule has 3 heterocycles. The largest absolute Gasteiger partial charge is 0.336 e. The molecule has 0 N–H and O–H groups in total. The van der Waals surface area contributed by atoms with Crippen molar-refractivity contribution in [2.24, 2.45) is 0 Å². The Balaban J connectivity index is 1.27. The summed E-state index contributed by atoms with van der Waals surface area (Å²) in [5, 5.41) is 1.44. The number of amides is 2. The molecule has 0 unspecified atom stereocenters. The summed E-state index contributed by atoms with van der Waals surface area (Å²) in [7, 11) is 0. The molecule has 0 aliphatic heterocycles. The number of carbonyl (C=O) groups is 2. The van der Waals surface area contributed by atoms with Crippen molar-refractivity contribution in [3.05, 3.63) is 119 Å². The quantitative estimate of drug-likeness (QED) is 0.165. The van der Waals surface area contributed by atoms with Crippen LogP contribution >= 0.6 is 22.9 Å². The molecule has 2 amide bonds. The summed E-state index contributed by atoms with van der Waals surface area (Å²) in [5.74, 6) is -0.00729. The van der Waals surface area contributed by atoms with E-state index in [0.29, 0.717) is 28.6 Å². The molecule has 224 valence electrons. The average Bonchev–Trinajstić information content (AvgIpc) is 3.42. The number of fused-ring (bicyclic) bond motifs is 1. The first-order valence-electron chi connectivity index (χ1n) is 15.2. The number of aromatic nitrogens is 2. The molecule has 8 heteroatoms. The average molecular weight is 623 g/mol. The Morgan fingerprint density at radius 3 is 2.27 bits per heavy atom. The van der Waals surface area contributed by atoms with Crippen LogP contribution in [0.1, 0.15) is 64.6 Å². The maximum absolute atomic E-state index is 14.4. The summed E-state index contributed by atoms with van der Waals surface area (Å²) >= 11 is 8.30. The van der Waals surface area contributed by atoms with Crippen molar-refractivity contribution in [1.82, 2.24) is 19.8 Å². The highest BCUT2D eigenvalue weighted by Crippen LogP contribution is 2.38. The van der Waals surface area contributed by atoms with Gasteiger partial charge in [0.1, 0.15) is 4.88 Å². The number of thiophene rings is 1. The first-order valence-corrected chi connectivity index (χ1v) is 16.4. The van der Waals surface area contributed by atoms with E-state index in [1.165, 1.54) is 11.3 Å². The SMILES string of the molecule is CCCN(C(=O)c1cccnc1)C1CCC(N(Cc2cccc(-c3ccncc3)c2)C(=O)c2sc3ccccc3c2Cl)CC1. The fraction of sp³-hybridized carbons (Fsp3) is 0.278. The number of hydrogen-bond acceptors (Lipinski definition) is 5. The predicted molar refractivity (Wildman–Crippen MR) is 178 cm³/mol. The highest BCUT2D eigenvalue weighted by Gasteiger charge is 2.34. The van der Waals surface area contributed by atoms with E-state index in [4.69, 9.17) is 11.6 Å². The fourth-order valence-corrected chi connectivity index (χ4v) is 7.73. The summed E-state index contributed by atoms with van der Waals surface area (Å²) < 4.78 is 1.01. The van der Waals surface area contributed by atoms with Crippen LogP contribution in [0.2, 0.25) is 5.02 Å². The number of pyridine rings is 2. The van der Waals surface area contributed by atoms with E-state index in [1.54, 1.807) is 30.9 Å². The summed E-state index contributed by atoms with van der Waals surface area (Å²) in [6, 6.07) is 24.1. The Bertz CT molecular complexity index is 1740. The van der Waals surface area contributed by atoms with Gasteiger partial charge >= 0.3 is 0 Å². The lowest BCUT2D eigenvalue weighted by Gasteiger charge is -2.41. The molecule has 0 bridgehead atoms. The van der Waals surface area contributed by atoms with Gasteiger partial charge in [0.15, 0.2) is 0 Å². The summed E-state index contributed by atoms with van der Waals surface area (Å²) in [4.78, 5) is 40.8. The number of hydrogen-bond donors (Lipinski definition) is 0. The molecule has 1 saturated carbocycles. The van der Waals surface area contributed by atoms with Crippen LogP contribution in [0, 0.1) is 0 Å². The molecule has 1 fully saturated rings. The lowest BCUT2D eigenvalue weighted by atomic mass is 9.88. The topological polar surface area (TPSA) is 66.4 Å². The minimum Gasteiger partial charge on any atom is -0.336 e. The van der Waals surface area contributed by atoms with E-state index < -0.39 is 0 Å². The normalized spacial score (nSPS) is 16.5. The second-order valence-corrected chi connectivity index (χ2v) is 12.7. The van der Waals surface area contributed by atoms with Crippen LogP contribution in [0.25, 0.3) is 21.2 Å². The molecule has 1 aliphatic carbocycles. The van der Waals surface area contributed by atoms with Gasteiger partial charge in [-0.3, -0.25) is 19.6 Å². The number of carbonyl (C=O) groups excluding carboxylic acids is 2. The molecular formula is C36H35ClN4O2S. The molecule has 3 aromatic heterocycles. The Hall–Kier alpha value is -4.07. The van der Waals surface area contributed by atoms with Crippen molar-refractivity contribution in [2.75, 3.05) is 6.54 Å². The van der Waals surface area contributed by atoms with E-state index in [2.05, 4.69) is 35.1 Å². The third kappa shape index (κ3) is 6.40. The van der Waals surface area contributed by atoms with Gasteiger partial charge in [-0.25, -0.2) is 0 Å². The van der Waals surface area contributed by atoms with Crippen LogP contribution in [0.15, 0.2) is 97.6 Å². The first-order chi connectivity index (χ1) is 21.5. The maximum Gasteiger partial charge on any atom is 0.266 e. The third-order valence-corrected chi connectivity index (χ3v) is 10.1. The zero-order chi connectivity index (χ0) is 30.5. The van der Waals surface area contributed by atoms with Gasteiger partial charge in [-0.2, -0.15) is 0 Å². The standard InChI is InChI=1S/C36H35ClN4O2S/c1-2-21-40(35(42)28-9-6-18-39-23-28)29-12-14-30(15-13-29)41(36(43)34-33(37)31-10-3-4-11-32(31)44-34)24-25-7-5-8-27(22-25)26-16-19-38-20-17-26/h3-11,16-20,22-23,29-30H,2,12-15,21,24H2,1H3. The summed E-state index contributed by atoms with van der Waals surface area (Å²) in [6.45, 7) is 3.28. The van der Waals surface area contributed by atoms with E-state index in [9.17, 15) is 9.59 Å². The molecule has 6 rings (SSSR count). The number of benzene rings is 2. The maximum atomic E-state index is 14.4. The number of halogens is 1. The molecular weight excluding hydrogens is 588 g/mol. The van der Waals surface area contributed by atoms with Gasteiger partial charge in [0.25, 0.3) is 11.8 Å². The van der Waals surface area contributed by atoms with Gasteiger partial charge < -0.3 is 9.80 Å². The van der Waals surface area contributed by atoms with E-state index in [-0.39, 0.29) is 23.9 Å². The van der Waals surface area contributed by atoms with Gasteiger partial charge in [-0.05, 0) is 85.2 Å². The molecule has 6 nitrogen and oxygen atoms in total. The van der Waals surface area contributed by atoms with Crippen molar-refractivity contribution in [3.63, 3.8) is 0 Å². The van der Waals surface area contributed by atoms with Crippen LogP contribution in [0.3, 0.4) is 0 Å². The summed E-state index contributed by atoms with van der Waals surface area (Å²) in [6.07, 6.45) is 11.1.